The molecule has 2 atom stereocenters. The van der Waals surface area contributed by atoms with Gasteiger partial charge in [-0.3, -0.25) is 0 Å². The average molecular weight is 347 g/mol. The van der Waals surface area contributed by atoms with Crippen molar-refractivity contribution in [3.8, 4) is 0 Å². The van der Waals surface area contributed by atoms with Gasteiger partial charge in [-0.25, -0.2) is 0 Å². The Morgan fingerprint density at radius 1 is 0.864 bits per heavy atom. The summed E-state index contributed by atoms with van der Waals surface area (Å²) in [6.07, 6.45) is 1.17. The van der Waals surface area contributed by atoms with Gasteiger partial charge in [0.15, 0.2) is 16.6 Å². The molecule has 0 aromatic carbocycles. The maximum Gasteiger partial charge on any atom is 0.192 e. The molecule has 0 fully saturated rings. The third-order valence-corrected chi connectivity index (χ3v) is 14.5. The predicted octanol–water partition coefficient (Wildman–Crippen LogP) is 5.38. The molecule has 0 unspecified atom stereocenters. The molecule has 3 nitrogen and oxygen atoms in total. The minimum atomic E-state index is -1.91. The predicted molar refractivity (Wildman–Crippen MR) is 100 cm³/mol. The molecular formula is C17H38O3Si2. The van der Waals surface area contributed by atoms with Crippen molar-refractivity contribution in [2.24, 2.45) is 0 Å². The van der Waals surface area contributed by atoms with Gasteiger partial charge in [0, 0.05) is 6.42 Å². The van der Waals surface area contributed by atoms with Crippen LogP contribution in [0.25, 0.3) is 0 Å². The molecule has 0 aliphatic heterocycles. The van der Waals surface area contributed by atoms with Gasteiger partial charge in [0.05, 0.1) is 12.2 Å². The molecule has 0 heterocycles. The van der Waals surface area contributed by atoms with Gasteiger partial charge in [0.25, 0.3) is 0 Å². The Hall–Kier alpha value is 0.0238. The molecule has 0 saturated carbocycles. The van der Waals surface area contributed by atoms with Gasteiger partial charge < -0.3 is 13.6 Å². The molecule has 132 valence electrons. The lowest BCUT2D eigenvalue weighted by Gasteiger charge is -2.44. The fourth-order valence-electron chi connectivity index (χ4n) is 1.70. The molecule has 0 aromatic heterocycles. The molecule has 0 saturated heterocycles. The van der Waals surface area contributed by atoms with Gasteiger partial charge in [-0.1, -0.05) is 41.5 Å². The maximum atomic E-state index is 11.1. The number of aldehydes is 1. The normalized spacial score (nSPS) is 17.2. The van der Waals surface area contributed by atoms with Gasteiger partial charge in [0.2, 0.25) is 0 Å². The minimum absolute atomic E-state index is 0.0554. The standard InChI is InChI=1S/C17H38O3Si2/c1-14(19-21(8,9)16(2,3)4)15(12-13-18)20-22(10,11)17(5,6)7/h13-15H,12H2,1-11H3/t14-,15+/m0/s1. The van der Waals surface area contributed by atoms with Crippen LogP contribution in [-0.2, 0) is 13.6 Å². The summed E-state index contributed by atoms with van der Waals surface area (Å²) in [7, 11) is -3.77. The zero-order chi connectivity index (χ0) is 18.0. The SMILES string of the molecule is C[C@H](O[Si](C)(C)C(C)(C)C)[C@@H](CC=O)O[Si](C)(C)C(C)(C)C. The second-order valence-electron chi connectivity index (χ2n) is 9.40. The van der Waals surface area contributed by atoms with E-state index in [1.165, 1.54) is 0 Å². The van der Waals surface area contributed by atoms with Crippen LogP contribution in [0.3, 0.4) is 0 Å². The maximum absolute atomic E-state index is 11.1. The topological polar surface area (TPSA) is 35.5 Å². The third-order valence-electron chi connectivity index (χ3n) is 5.39. The van der Waals surface area contributed by atoms with E-state index in [9.17, 15) is 4.79 Å². The summed E-state index contributed by atoms with van der Waals surface area (Å²) in [5, 5.41) is 0.286. The Bertz CT molecular complexity index is 365. The second kappa shape index (κ2) is 7.28. The molecule has 0 rings (SSSR count). The van der Waals surface area contributed by atoms with E-state index in [1.807, 2.05) is 0 Å². The van der Waals surface area contributed by atoms with Gasteiger partial charge >= 0.3 is 0 Å². The highest BCUT2D eigenvalue weighted by atomic mass is 28.4. The summed E-state index contributed by atoms with van der Waals surface area (Å²) in [5.41, 5.74) is 0. The van der Waals surface area contributed by atoms with Gasteiger partial charge in [-0.15, -0.1) is 0 Å². The largest absolute Gasteiger partial charge is 0.412 e. The van der Waals surface area contributed by atoms with Crippen LogP contribution in [0.2, 0.25) is 36.3 Å². The Kier molecular flexibility index (Phi) is 7.29. The summed E-state index contributed by atoms with van der Waals surface area (Å²) in [6, 6.07) is 0. The van der Waals surface area contributed by atoms with Crippen molar-refractivity contribution in [1.82, 2.24) is 0 Å². The van der Waals surface area contributed by atoms with Crippen molar-refractivity contribution in [3.63, 3.8) is 0 Å². The monoisotopic (exact) mass is 346 g/mol. The Labute approximate surface area is 140 Å². The average Bonchev–Trinajstić information content (AvgIpc) is 2.24. The van der Waals surface area contributed by atoms with E-state index >= 15 is 0 Å². The fraction of sp³-hybridized carbons (Fsp3) is 0.941. The summed E-state index contributed by atoms with van der Waals surface area (Å²) in [6.45, 7) is 24.3. The van der Waals surface area contributed by atoms with Crippen LogP contribution in [0.4, 0.5) is 0 Å². The fourth-order valence-corrected chi connectivity index (χ4v) is 4.54. The van der Waals surface area contributed by atoms with E-state index in [0.717, 1.165) is 6.29 Å². The van der Waals surface area contributed by atoms with Gasteiger partial charge in [-0.2, -0.15) is 0 Å². The molecule has 22 heavy (non-hydrogen) atoms. The lowest BCUT2D eigenvalue weighted by molar-refractivity contribution is -0.110. The first kappa shape index (κ1) is 22.0. The van der Waals surface area contributed by atoms with E-state index in [1.54, 1.807) is 0 Å². The second-order valence-corrected chi connectivity index (χ2v) is 18.9. The zero-order valence-electron chi connectivity index (χ0n) is 16.7. The quantitative estimate of drug-likeness (QED) is 0.459. The van der Waals surface area contributed by atoms with E-state index < -0.39 is 16.6 Å². The van der Waals surface area contributed by atoms with Crippen molar-refractivity contribution in [2.45, 2.75) is 103 Å². The van der Waals surface area contributed by atoms with Crippen molar-refractivity contribution < 1.29 is 13.6 Å². The molecule has 0 amide bonds. The first-order chi connectivity index (χ1) is 9.55. The Morgan fingerprint density at radius 2 is 1.23 bits per heavy atom. The van der Waals surface area contributed by atoms with E-state index in [2.05, 4.69) is 74.7 Å². The number of hydrogen-bond acceptors (Lipinski definition) is 3. The van der Waals surface area contributed by atoms with Crippen LogP contribution >= 0.6 is 0 Å². The number of rotatable bonds is 7. The van der Waals surface area contributed by atoms with Crippen molar-refractivity contribution in [3.05, 3.63) is 0 Å². The zero-order valence-corrected chi connectivity index (χ0v) is 18.7. The van der Waals surface area contributed by atoms with E-state index in [-0.39, 0.29) is 22.3 Å². The Morgan fingerprint density at radius 3 is 1.55 bits per heavy atom. The van der Waals surface area contributed by atoms with Gasteiger partial charge in [0.1, 0.15) is 6.29 Å². The lowest BCUT2D eigenvalue weighted by Crippen LogP contribution is -2.51. The smallest absolute Gasteiger partial charge is 0.192 e. The summed E-state index contributed by atoms with van der Waals surface area (Å²) in [5.74, 6) is 0. The first-order valence-electron chi connectivity index (χ1n) is 8.34. The summed E-state index contributed by atoms with van der Waals surface area (Å²) >= 11 is 0. The molecule has 0 radical (unpaired) electrons. The molecule has 0 bridgehead atoms. The molecule has 0 spiro atoms. The molecule has 0 aliphatic carbocycles. The highest BCUT2D eigenvalue weighted by Gasteiger charge is 2.43. The van der Waals surface area contributed by atoms with Crippen LogP contribution in [-0.4, -0.2) is 35.1 Å². The van der Waals surface area contributed by atoms with Crippen molar-refractivity contribution in [1.29, 1.82) is 0 Å². The summed E-state index contributed by atoms with van der Waals surface area (Å²) in [4.78, 5) is 11.1. The lowest BCUT2D eigenvalue weighted by atomic mass is 10.2. The first-order valence-corrected chi connectivity index (χ1v) is 14.2. The summed E-state index contributed by atoms with van der Waals surface area (Å²) < 4.78 is 12.9. The van der Waals surface area contributed by atoms with E-state index in [0.29, 0.717) is 6.42 Å². The van der Waals surface area contributed by atoms with Crippen LogP contribution < -0.4 is 0 Å². The van der Waals surface area contributed by atoms with Crippen LogP contribution in [0, 0.1) is 0 Å². The number of hydrogen-bond donors (Lipinski definition) is 0. The van der Waals surface area contributed by atoms with Crippen LogP contribution in [0.5, 0.6) is 0 Å². The van der Waals surface area contributed by atoms with E-state index in [4.69, 9.17) is 8.85 Å². The molecule has 0 aliphatic rings. The third kappa shape index (κ3) is 5.91. The molecule has 5 heteroatoms. The molecule has 0 N–H and O–H groups in total. The molecular weight excluding hydrogens is 308 g/mol. The Balaban J connectivity index is 5.15. The number of carbonyl (C=O) groups is 1. The minimum Gasteiger partial charge on any atom is -0.412 e. The van der Waals surface area contributed by atoms with Crippen LogP contribution in [0.1, 0.15) is 54.9 Å². The van der Waals surface area contributed by atoms with Crippen molar-refractivity contribution >= 4 is 22.9 Å². The van der Waals surface area contributed by atoms with Crippen molar-refractivity contribution in [2.75, 3.05) is 0 Å². The highest BCUT2D eigenvalue weighted by Crippen LogP contribution is 2.40. The number of carbonyl (C=O) groups excluding carboxylic acids is 1. The highest BCUT2D eigenvalue weighted by molar-refractivity contribution is 6.74. The molecule has 0 aromatic rings. The van der Waals surface area contributed by atoms with Gasteiger partial charge in [-0.05, 0) is 43.2 Å². The van der Waals surface area contributed by atoms with Crippen LogP contribution in [0.15, 0.2) is 0 Å².